The predicted octanol–water partition coefficient (Wildman–Crippen LogP) is 4.46. The van der Waals surface area contributed by atoms with E-state index in [0.717, 1.165) is 30.7 Å². The Morgan fingerprint density at radius 1 is 1.21 bits per heavy atom. The first-order valence-electron chi connectivity index (χ1n) is 7.58. The number of aromatic nitrogens is 1. The van der Waals surface area contributed by atoms with Crippen LogP contribution in [0.2, 0.25) is 0 Å². The average molecular weight is 351 g/mol. The summed E-state index contributed by atoms with van der Waals surface area (Å²) in [5.74, 6) is 0. The first kappa shape index (κ1) is 16.7. The van der Waals surface area contributed by atoms with E-state index in [2.05, 4.69) is 10.3 Å². The van der Waals surface area contributed by atoms with Crippen molar-refractivity contribution in [2.45, 2.75) is 31.6 Å². The molecule has 3 rings (SSSR count). The molecule has 7 heteroatoms. The Bertz CT molecular complexity index is 715. The van der Waals surface area contributed by atoms with E-state index in [1.807, 2.05) is 23.1 Å². The molecule has 126 valence electrons. The zero-order valence-corrected chi connectivity index (χ0v) is 13.6. The van der Waals surface area contributed by atoms with Crippen molar-refractivity contribution in [3.8, 4) is 0 Å². The summed E-state index contributed by atoms with van der Waals surface area (Å²) in [4.78, 5) is 6.27. The Hall–Kier alpha value is -2.15. The average Bonchev–Trinajstić information content (AvgIpc) is 3.38. The summed E-state index contributed by atoms with van der Waals surface area (Å²) < 4.78 is 38.4. The van der Waals surface area contributed by atoms with Gasteiger partial charge in [-0.15, -0.1) is 0 Å². The monoisotopic (exact) mass is 351 g/mol. The zero-order valence-electron chi connectivity index (χ0n) is 12.8. The van der Waals surface area contributed by atoms with Gasteiger partial charge in [0, 0.05) is 17.9 Å². The van der Waals surface area contributed by atoms with Gasteiger partial charge in [0.25, 0.3) is 0 Å². The molecule has 1 N–H and O–H groups in total. The molecule has 1 heterocycles. The van der Waals surface area contributed by atoms with Gasteiger partial charge in [-0.25, -0.2) is 0 Å². The molecule has 0 unspecified atom stereocenters. The highest BCUT2D eigenvalue weighted by Crippen LogP contribution is 2.32. The minimum Gasteiger partial charge on any atom is -0.340 e. The van der Waals surface area contributed by atoms with E-state index >= 15 is 0 Å². The van der Waals surface area contributed by atoms with Crippen LogP contribution in [-0.4, -0.2) is 21.0 Å². The maximum Gasteiger partial charge on any atom is 0.416 e. The standard InChI is InChI=1S/C17H16F3N3S/c18-17(19,20)12-4-3-6-13(10-12)22-16(24)23(15-7-8-15)11-14-5-1-2-9-21-14/h1-6,9-10,15H,7-8,11H2,(H,22,24). The summed E-state index contributed by atoms with van der Waals surface area (Å²) in [5.41, 5.74) is 0.511. The molecular formula is C17H16F3N3S. The van der Waals surface area contributed by atoms with Crippen molar-refractivity contribution in [2.24, 2.45) is 0 Å². The number of hydrogen-bond donors (Lipinski definition) is 1. The SMILES string of the molecule is FC(F)(F)c1cccc(NC(=S)N(Cc2ccccn2)C2CC2)c1. The van der Waals surface area contributed by atoms with Crippen molar-refractivity contribution in [1.29, 1.82) is 0 Å². The molecule has 1 fully saturated rings. The van der Waals surface area contributed by atoms with Crippen molar-refractivity contribution in [1.82, 2.24) is 9.88 Å². The summed E-state index contributed by atoms with van der Waals surface area (Å²) in [7, 11) is 0. The van der Waals surface area contributed by atoms with Gasteiger partial charge in [-0.3, -0.25) is 4.98 Å². The summed E-state index contributed by atoms with van der Waals surface area (Å²) in [6.07, 6.45) is -0.609. The molecule has 1 aliphatic carbocycles. The summed E-state index contributed by atoms with van der Waals surface area (Å²) >= 11 is 5.42. The Morgan fingerprint density at radius 2 is 2.00 bits per heavy atom. The molecule has 0 atom stereocenters. The van der Waals surface area contributed by atoms with Crippen molar-refractivity contribution in [3.63, 3.8) is 0 Å². The lowest BCUT2D eigenvalue weighted by Crippen LogP contribution is -2.36. The topological polar surface area (TPSA) is 28.2 Å². The van der Waals surface area contributed by atoms with Crippen molar-refractivity contribution in [2.75, 3.05) is 5.32 Å². The third-order valence-electron chi connectivity index (χ3n) is 3.75. The molecule has 0 spiro atoms. The normalized spacial score (nSPS) is 14.3. The van der Waals surface area contributed by atoms with Gasteiger partial charge in [0.2, 0.25) is 0 Å². The highest BCUT2D eigenvalue weighted by molar-refractivity contribution is 7.80. The number of alkyl halides is 3. The van der Waals surface area contributed by atoms with Crippen LogP contribution in [0.1, 0.15) is 24.1 Å². The number of pyridine rings is 1. The maximum atomic E-state index is 12.8. The van der Waals surface area contributed by atoms with Crippen LogP contribution in [0, 0.1) is 0 Å². The van der Waals surface area contributed by atoms with Gasteiger partial charge in [-0.05, 0) is 55.4 Å². The molecule has 1 aliphatic rings. The second-order valence-electron chi connectivity index (χ2n) is 5.69. The van der Waals surface area contributed by atoms with Gasteiger partial charge in [-0.1, -0.05) is 12.1 Å². The van der Waals surface area contributed by atoms with Crippen molar-refractivity contribution in [3.05, 3.63) is 59.9 Å². The fraction of sp³-hybridized carbons (Fsp3) is 0.294. The molecule has 0 saturated heterocycles. The lowest BCUT2D eigenvalue weighted by molar-refractivity contribution is -0.137. The fourth-order valence-electron chi connectivity index (χ4n) is 2.39. The number of nitrogens with one attached hydrogen (secondary N) is 1. The highest BCUT2D eigenvalue weighted by Gasteiger charge is 2.32. The predicted molar refractivity (Wildman–Crippen MR) is 90.5 cm³/mol. The van der Waals surface area contributed by atoms with Crippen LogP contribution in [0.5, 0.6) is 0 Å². The van der Waals surface area contributed by atoms with E-state index < -0.39 is 11.7 Å². The van der Waals surface area contributed by atoms with E-state index in [1.165, 1.54) is 6.07 Å². The minimum atomic E-state index is -4.37. The van der Waals surface area contributed by atoms with Crippen LogP contribution in [0.15, 0.2) is 48.7 Å². The van der Waals surface area contributed by atoms with Crippen LogP contribution in [0.25, 0.3) is 0 Å². The number of hydrogen-bond acceptors (Lipinski definition) is 2. The van der Waals surface area contributed by atoms with E-state index in [9.17, 15) is 13.2 Å². The van der Waals surface area contributed by atoms with Crippen LogP contribution in [0.4, 0.5) is 18.9 Å². The first-order valence-corrected chi connectivity index (χ1v) is 7.99. The van der Waals surface area contributed by atoms with E-state index in [1.54, 1.807) is 12.3 Å². The van der Waals surface area contributed by atoms with Crippen molar-refractivity contribution >= 4 is 23.0 Å². The van der Waals surface area contributed by atoms with Crippen LogP contribution < -0.4 is 5.32 Å². The summed E-state index contributed by atoms with van der Waals surface area (Å²) in [6, 6.07) is 11.0. The molecule has 0 amide bonds. The molecule has 0 radical (unpaired) electrons. The molecule has 1 aromatic heterocycles. The molecular weight excluding hydrogens is 335 g/mol. The number of rotatable bonds is 4. The van der Waals surface area contributed by atoms with E-state index in [0.29, 0.717) is 23.4 Å². The number of halogens is 3. The number of nitrogens with zero attached hydrogens (tertiary/aromatic N) is 2. The second-order valence-corrected chi connectivity index (χ2v) is 6.08. The van der Waals surface area contributed by atoms with Gasteiger partial charge in [0.15, 0.2) is 5.11 Å². The lowest BCUT2D eigenvalue weighted by atomic mass is 10.2. The van der Waals surface area contributed by atoms with Crippen LogP contribution >= 0.6 is 12.2 Å². The number of anilines is 1. The van der Waals surface area contributed by atoms with Gasteiger partial charge in [0.1, 0.15) is 0 Å². The van der Waals surface area contributed by atoms with E-state index in [4.69, 9.17) is 12.2 Å². The molecule has 0 bridgehead atoms. The number of thiocarbonyl (C=S) groups is 1. The summed E-state index contributed by atoms with van der Waals surface area (Å²) in [6.45, 7) is 0.538. The second kappa shape index (κ2) is 6.76. The first-order chi connectivity index (χ1) is 11.4. The van der Waals surface area contributed by atoms with Gasteiger partial charge >= 0.3 is 6.18 Å². The summed E-state index contributed by atoms with van der Waals surface area (Å²) in [5, 5.41) is 3.34. The largest absolute Gasteiger partial charge is 0.416 e. The zero-order chi connectivity index (χ0) is 17.2. The minimum absolute atomic E-state index is 0.317. The van der Waals surface area contributed by atoms with Crippen LogP contribution in [0.3, 0.4) is 0 Å². The highest BCUT2D eigenvalue weighted by atomic mass is 32.1. The molecule has 3 nitrogen and oxygen atoms in total. The van der Waals surface area contributed by atoms with E-state index in [-0.39, 0.29) is 0 Å². The van der Waals surface area contributed by atoms with Gasteiger partial charge in [-0.2, -0.15) is 13.2 Å². The molecule has 0 aliphatic heterocycles. The third kappa shape index (κ3) is 4.23. The molecule has 1 aromatic carbocycles. The van der Waals surface area contributed by atoms with Gasteiger partial charge < -0.3 is 10.2 Å². The smallest absolute Gasteiger partial charge is 0.340 e. The third-order valence-corrected chi connectivity index (χ3v) is 4.08. The Kier molecular flexibility index (Phi) is 4.71. The van der Waals surface area contributed by atoms with Crippen LogP contribution in [-0.2, 0) is 12.7 Å². The fourth-order valence-corrected chi connectivity index (χ4v) is 2.72. The Balaban J connectivity index is 1.72. The number of benzene rings is 1. The maximum absolute atomic E-state index is 12.8. The van der Waals surface area contributed by atoms with Gasteiger partial charge in [0.05, 0.1) is 17.8 Å². The molecule has 2 aromatic rings. The molecule has 24 heavy (non-hydrogen) atoms. The Morgan fingerprint density at radius 3 is 2.62 bits per heavy atom. The Labute approximate surface area is 143 Å². The lowest BCUT2D eigenvalue weighted by Gasteiger charge is -2.25. The van der Waals surface area contributed by atoms with Crippen molar-refractivity contribution < 1.29 is 13.2 Å². The quantitative estimate of drug-likeness (QED) is 0.823. The molecule has 1 saturated carbocycles.